The number of benzene rings is 1. The van der Waals surface area contributed by atoms with Crippen LogP contribution < -0.4 is 15.5 Å². The Labute approximate surface area is 185 Å². The van der Waals surface area contributed by atoms with Gasteiger partial charge in [0.1, 0.15) is 11.3 Å². The summed E-state index contributed by atoms with van der Waals surface area (Å²) < 4.78 is 39.8. The summed E-state index contributed by atoms with van der Waals surface area (Å²) in [5.74, 6) is 0.577. The third kappa shape index (κ3) is 3.98. The van der Waals surface area contributed by atoms with Crippen LogP contribution in [0.25, 0.3) is 10.9 Å². The van der Waals surface area contributed by atoms with Crippen molar-refractivity contribution in [2.24, 2.45) is 0 Å². The van der Waals surface area contributed by atoms with Crippen molar-refractivity contribution in [1.29, 1.82) is 0 Å². The molecule has 2 aliphatic heterocycles. The monoisotopic (exact) mass is 457 g/mol. The first-order valence-corrected chi connectivity index (χ1v) is 12.3. The predicted molar refractivity (Wildman–Crippen MR) is 121 cm³/mol. The average molecular weight is 458 g/mol. The number of anilines is 3. The molecule has 32 heavy (non-hydrogen) atoms. The largest absolute Gasteiger partial charge is 0.352 e. The van der Waals surface area contributed by atoms with Crippen LogP contribution in [0.2, 0.25) is 0 Å². The van der Waals surface area contributed by atoms with Crippen LogP contribution in [0.3, 0.4) is 0 Å². The number of halogens is 1. The first-order chi connectivity index (χ1) is 15.3. The maximum Gasteiger partial charge on any atom is 0.227 e. The summed E-state index contributed by atoms with van der Waals surface area (Å²) in [7, 11) is -3.35. The molecule has 168 valence electrons. The summed E-state index contributed by atoms with van der Waals surface area (Å²) in [6.07, 6.45) is 2.87. The zero-order chi connectivity index (χ0) is 22.5. The summed E-state index contributed by atoms with van der Waals surface area (Å²) in [5, 5.41) is 7.17. The first-order valence-electron chi connectivity index (χ1n) is 10.4. The van der Waals surface area contributed by atoms with E-state index in [1.165, 1.54) is 10.4 Å². The number of pyridine rings is 1. The standard InChI is InChI=1S/C21H24FN7O2S/c1-13-7-14-10-24-21(27-19(14)20(25-13)28-5-3-23-4-6-28)26-18-9-16-12-29(32(2,30)31)11-15(16)8-17(18)22/h7-10,23H,3-6,11-12H2,1-2H3,(H,24,26,27). The molecule has 0 saturated carbocycles. The summed E-state index contributed by atoms with van der Waals surface area (Å²) in [4.78, 5) is 15.9. The molecule has 2 N–H and O–H groups in total. The lowest BCUT2D eigenvalue weighted by Crippen LogP contribution is -2.44. The van der Waals surface area contributed by atoms with Crippen molar-refractivity contribution in [3.8, 4) is 0 Å². The van der Waals surface area contributed by atoms with Gasteiger partial charge < -0.3 is 15.5 Å². The molecule has 2 aromatic heterocycles. The Balaban J connectivity index is 1.48. The van der Waals surface area contributed by atoms with Crippen LogP contribution in [-0.2, 0) is 23.1 Å². The molecule has 2 aliphatic rings. The van der Waals surface area contributed by atoms with Crippen LogP contribution in [0.5, 0.6) is 0 Å². The van der Waals surface area contributed by atoms with Gasteiger partial charge in [-0.3, -0.25) is 0 Å². The lowest BCUT2D eigenvalue weighted by Gasteiger charge is -2.29. The van der Waals surface area contributed by atoms with E-state index in [0.717, 1.165) is 54.9 Å². The highest BCUT2D eigenvalue weighted by atomic mass is 32.2. The zero-order valence-electron chi connectivity index (χ0n) is 17.9. The van der Waals surface area contributed by atoms with Gasteiger partial charge >= 0.3 is 0 Å². The summed E-state index contributed by atoms with van der Waals surface area (Å²) in [6, 6.07) is 4.94. The molecule has 1 aromatic carbocycles. The third-order valence-electron chi connectivity index (χ3n) is 5.79. The maximum absolute atomic E-state index is 14.8. The molecule has 0 amide bonds. The normalized spacial score (nSPS) is 17.0. The number of aryl methyl sites for hydroxylation is 1. The number of hydrogen-bond acceptors (Lipinski definition) is 8. The van der Waals surface area contributed by atoms with E-state index >= 15 is 0 Å². The van der Waals surface area contributed by atoms with Gasteiger partial charge in [0.2, 0.25) is 16.0 Å². The van der Waals surface area contributed by atoms with E-state index < -0.39 is 15.8 Å². The zero-order valence-corrected chi connectivity index (χ0v) is 18.7. The maximum atomic E-state index is 14.8. The molecule has 0 unspecified atom stereocenters. The van der Waals surface area contributed by atoms with E-state index in [9.17, 15) is 12.8 Å². The molecule has 5 rings (SSSR count). The molecular weight excluding hydrogens is 433 g/mol. The molecular formula is C21H24FN7O2S. The predicted octanol–water partition coefficient (Wildman–Crippen LogP) is 1.90. The minimum Gasteiger partial charge on any atom is -0.352 e. The Bertz CT molecular complexity index is 1310. The highest BCUT2D eigenvalue weighted by molar-refractivity contribution is 7.88. The third-order valence-corrected chi connectivity index (χ3v) is 6.99. The number of piperazine rings is 1. The van der Waals surface area contributed by atoms with Gasteiger partial charge in [-0.05, 0) is 36.2 Å². The summed E-state index contributed by atoms with van der Waals surface area (Å²) in [5.41, 5.74) is 3.23. The highest BCUT2D eigenvalue weighted by Crippen LogP contribution is 2.31. The Kier molecular flexibility index (Phi) is 5.19. The molecule has 11 heteroatoms. The fourth-order valence-electron chi connectivity index (χ4n) is 4.15. The van der Waals surface area contributed by atoms with E-state index in [-0.39, 0.29) is 24.7 Å². The molecule has 0 bridgehead atoms. The van der Waals surface area contributed by atoms with Crippen LogP contribution in [-0.4, -0.2) is 60.1 Å². The van der Waals surface area contributed by atoms with Crippen molar-refractivity contribution in [2.75, 3.05) is 42.7 Å². The number of fused-ring (bicyclic) bond motifs is 2. The Morgan fingerprint density at radius 1 is 1.09 bits per heavy atom. The quantitative estimate of drug-likeness (QED) is 0.612. The van der Waals surface area contributed by atoms with Crippen molar-refractivity contribution in [3.05, 3.63) is 47.0 Å². The average Bonchev–Trinajstić information content (AvgIpc) is 3.17. The minimum absolute atomic E-state index is 0.177. The van der Waals surface area contributed by atoms with Crippen LogP contribution >= 0.6 is 0 Å². The molecule has 1 saturated heterocycles. The minimum atomic E-state index is -3.35. The number of nitrogens with zero attached hydrogens (tertiary/aromatic N) is 5. The van der Waals surface area contributed by atoms with E-state index in [1.807, 2.05) is 13.0 Å². The van der Waals surface area contributed by atoms with Gasteiger partial charge in [0.15, 0.2) is 5.82 Å². The fraction of sp³-hybridized carbons (Fsp3) is 0.381. The smallest absolute Gasteiger partial charge is 0.227 e. The van der Waals surface area contributed by atoms with E-state index in [4.69, 9.17) is 4.98 Å². The van der Waals surface area contributed by atoms with E-state index in [0.29, 0.717) is 11.1 Å². The summed E-state index contributed by atoms with van der Waals surface area (Å²) >= 11 is 0. The van der Waals surface area contributed by atoms with Gasteiger partial charge in [-0.15, -0.1) is 0 Å². The van der Waals surface area contributed by atoms with Crippen molar-refractivity contribution in [1.82, 2.24) is 24.6 Å². The van der Waals surface area contributed by atoms with Crippen LogP contribution in [0, 0.1) is 12.7 Å². The lowest BCUT2D eigenvalue weighted by molar-refractivity contribution is 0.436. The number of rotatable bonds is 4. The van der Waals surface area contributed by atoms with Gasteiger partial charge in [0.05, 0.1) is 11.9 Å². The van der Waals surface area contributed by atoms with Crippen LogP contribution in [0.4, 0.5) is 21.8 Å². The van der Waals surface area contributed by atoms with Crippen molar-refractivity contribution < 1.29 is 12.8 Å². The molecule has 0 atom stereocenters. The number of nitrogens with one attached hydrogen (secondary N) is 2. The Hall–Kier alpha value is -2.89. The summed E-state index contributed by atoms with van der Waals surface area (Å²) in [6.45, 7) is 5.74. The van der Waals surface area contributed by atoms with Crippen molar-refractivity contribution >= 4 is 38.4 Å². The van der Waals surface area contributed by atoms with E-state index in [2.05, 4.69) is 25.5 Å². The lowest BCUT2D eigenvalue weighted by atomic mass is 10.1. The van der Waals surface area contributed by atoms with Gasteiger partial charge in [-0.2, -0.15) is 4.31 Å². The SMILES string of the molecule is Cc1cc2cnc(Nc3cc4c(cc3F)CN(S(C)(=O)=O)C4)nc2c(N2CCNCC2)n1. The number of aromatic nitrogens is 3. The second-order valence-corrected chi connectivity index (χ2v) is 10.2. The van der Waals surface area contributed by atoms with Crippen LogP contribution in [0.1, 0.15) is 16.8 Å². The molecule has 4 heterocycles. The van der Waals surface area contributed by atoms with Gasteiger partial charge in [-0.1, -0.05) is 0 Å². The molecule has 9 nitrogen and oxygen atoms in total. The second kappa shape index (κ2) is 7.91. The number of sulfonamides is 1. The van der Waals surface area contributed by atoms with Gasteiger partial charge in [0.25, 0.3) is 0 Å². The van der Waals surface area contributed by atoms with Crippen molar-refractivity contribution in [2.45, 2.75) is 20.0 Å². The molecule has 0 aliphatic carbocycles. The first kappa shape index (κ1) is 21.0. The van der Waals surface area contributed by atoms with Gasteiger partial charge in [-0.25, -0.2) is 27.8 Å². The molecule has 1 fully saturated rings. The van der Waals surface area contributed by atoms with Crippen LogP contribution in [0.15, 0.2) is 24.4 Å². The second-order valence-electron chi connectivity index (χ2n) is 8.21. The van der Waals surface area contributed by atoms with E-state index in [1.54, 1.807) is 12.3 Å². The number of hydrogen-bond donors (Lipinski definition) is 2. The topological polar surface area (TPSA) is 103 Å². The molecule has 3 aromatic rings. The molecule has 0 radical (unpaired) electrons. The fourth-order valence-corrected chi connectivity index (χ4v) is 4.90. The molecule has 0 spiro atoms. The van der Waals surface area contributed by atoms with Crippen molar-refractivity contribution in [3.63, 3.8) is 0 Å². The Morgan fingerprint density at radius 3 is 2.53 bits per heavy atom. The van der Waals surface area contributed by atoms with Gasteiger partial charge in [0, 0.05) is 56.5 Å². The highest BCUT2D eigenvalue weighted by Gasteiger charge is 2.27. The Morgan fingerprint density at radius 2 is 1.81 bits per heavy atom.